The van der Waals surface area contributed by atoms with Gasteiger partial charge in [-0.2, -0.15) is 0 Å². The van der Waals surface area contributed by atoms with E-state index in [0.29, 0.717) is 12.5 Å². The third-order valence-electron chi connectivity index (χ3n) is 3.54. The molecule has 0 amide bonds. The number of hydrogen-bond acceptors (Lipinski definition) is 5. The number of nitrogens with one attached hydrogen (secondary N) is 1. The lowest BCUT2D eigenvalue weighted by Gasteiger charge is -2.25. The predicted octanol–water partition coefficient (Wildman–Crippen LogP) is 1.71. The van der Waals surface area contributed by atoms with Gasteiger partial charge in [0.2, 0.25) is 5.76 Å². The summed E-state index contributed by atoms with van der Waals surface area (Å²) in [5, 5.41) is 12.9. The Morgan fingerprint density at radius 3 is 3.11 bits per heavy atom. The number of carbonyl (C=O) groups excluding carboxylic acids is 1. The van der Waals surface area contributed by atoms with E-state index in [1.807, 2.05) is 0 Å². The van der Waals surface area contributed by atoms with Crippen molar-refractivity contribution in [3.63, 3.8) is 0 Å². The number of esters is 1. The predicted molar refractivity (Wildman–Crippen MR) is 69.7 cm³/mol. The number of aliphatic hydroxyl groups excluding tert-OH is 1. The van der Waals surface area contributed by atoms with E-state index in [0.717, 1.165) is 38.0 Å². The van der Waals surface area contributed by atoms with Gasteiger partial charge in [-0.15, -0.1) is 0 Å². The van der Waals surface area contributed by atoms with Gasteiger partial charge in [0.1, 0.15) is 5.76 Å². The molecule has 2 N–H and O–H groups in total. The summed E-state index contributed by atoms with van der Waals surface area (Å²) < 4.78 is 9.94. The Balaban J connectivity index is 1.73. The van der Waals surface area contributed by atoms with Crippen molar-refractivity contribution in [1.29, 1.82) is 0 Å². The highest BCUT2D eigenvalue weighted by Crippen LogP contribution is 2.23. The maximum absolute atomic E-state index is 11.2. The molecule has 1 saturated carbocycles. The third kappa shape index (κ3) is 4.08. The van der Waals surface area contributed by atoms with Gasteiger partial charge in [-0.05, 0) is 43.9 Å². The highest BCUT2D eigenvalue weighted by atomic mass is 16.5. The van der Waals surface area contributed by atoms with E-state index in [1.165, 1.54) is 7.11 Å². The molecule has 2 unspecified atom stereocenters. The monoisotopic (exact) mass is 267 g/mol. The highest BCUT2D eigenvalue weighted by Gasteiger charge is 2.19. The van der Waals surface area contributed by atoms with Crippen molar-refractivity contribution in [3.05, 3.63) is 23.7 Å². The first kappa shape index (κ1) is 14.1. The molecular weight excluding hydrogens is 246 g/mol. The van der Waals surface area contributed by atoms with E-state index in [4.69, 9.17) is 4.42 Å². The van der Waals surface area contributed by atoms with Crippen molar-refractivity contribution in [1.82, 2.24) is 5.32 Å². The fraction of sp³-hybridized carbons (Fsp3) is 0.643. The quantitative estimate of drug-likeness (QED) is 0.795. The summed E-state index contributed by atoms with van der Waals surface area (Å²) >= 11 is 0. The van der Waals surface area contributed by atoms with Crippen molar-refractivity contribution in [3.8, 4) is 0 Å². The van der Waals surface area contributed by atoms with Crippen molar-refractivity contribution >= 4 is 5.97 Å². The number of hydrogen-bond donors (Lipinski definition) is 2. The van der Waals surface area contributed by atoms with Gasteiger partial charge < -0.3 is 19.6 Å². The van der Waals surface area contributed by atoms with Crippen LogP contribution in [0.2, 0.25) is 0 Å². The Labute approximate surface area is 112 Å². The molecule has 1 aromatic rings. The van der Waals surface area contributed by atoms with Gasteiger partial charge in [-0.1, -0.05) is 6.42 Å². The number of methoxy groups -OCH3 is 1. The van der Waals surface area contributed by atoms with Crippen LogP contribution in [0, 0.1) is 5.92 Å². The van der Waals surface area contributed by atoms with Crippen LogP contribution in [0.25, 0.3) is 0 Å². The minimum atomic E-state index is -0.457. The molecule has 5 heteroatoms. The minimum Gasteiger partial charge on any atom is -0.463 e. The van der Waals surface area contributed by atoms with Gasteiger partial charge in [0.25, 0.3) is 0 Å². The van der Waals surface area contributed by atoms with Crippen LogP contribution in [0.3, 0.4) is 0 Å². The highest BCUT2D eigenvalue weighted by molar-refractivity contribution is 5.86. The van der Waals surface area contributed by atoms with Gasteiger partial charge in [-0.25, -0.2) is 4.79 Å². The first-order chi connectivity index (χ1) is 9.19. The average molecular weight is 267 g/mol. The van der Waals surface area contributed by atoms with E-state index >= 15 is 0 Å². The van der Waals surface area contributed by atoms with Crippen LogP contribution in [-0.4, -0.2) is 30.8 Å². The second-order valence-corrected chi connectivity index (χ2v) is 5.07. The fourth-order valence-corrected chi connectivity index (χ4v) is 2.53. The number of aliphatic hydroxyl groups is 1. The van der Waals surface area contributed by atoms with Crippen LogP contribution in [0.4, 0.5) is 0 Å². The Bertz CT molecular complexity index is 415. The molecule has 19 heavy (non-hydrogen) atoms. The standard InChI is InChI=1S/C14H21NO4/c1-18-14(17)13-6-5-12(19-13)9-15-8-10-3-2-4-11(16)7-10/h5-6,10-11,15-16H,2-4,7-9H2,1H3. The number of ether oxygens (including phenoxy) is 1. The lowest BCUT2D eigenvalue weighted by molar-refractivity contribution is 0.0562. The zero-order chi connectivity index (χ0) is 13.7. The smallest absolute Gasteiger partial charge is 0.373 e. The van der Waals surface area contributed by atoms with Gasteiger partial charge in [0.05, 0.1) is 19.8 Å². The summed E-state index contributed by atoms with van der Waals surface area (Å²) in [4.78, 5) is 11.2. The molecule has 0 aliphatic heterocycles. The van der Waals surface area contributed by atoms with Crippen molar-refractivity contribution in [2.75, 3.05) is 13.7 Å². The zero-order valence-corrected chi connectivity index (χ0v) is 11.2. The van der Waals surface area contributed by atoms with Crippen molar-refractivity contribution in [2.24, 2.45) is 5.92 Å². The molecule has 1 fully saturated rings. The largest absolute Gasteiger partial charge is 0.463 e. The Kier molecular flexibility index (Phi) is 4.99. The Hall–Kier alpha value is -1.33. The second-order valence-electron chi connectivity index (χ2n) is 5.07. The third-order valence-corrected chi connectivity index (χ3v) is 3.54. The minimum absolute atomic E-state index is 0.143. The van der Waals surface area contributed by atoms with E-state index in [1.54, 1.807) is 12.1 Å². The summed E-state index contributed by atoms with van der Waals surface area (Å²) in [5.41, 5.74) is 0. The summed E-state index contributed by atoms with van der Waals surface area (Å²) in [5.74, 6) is 1.02. The molecule has 1 heterocycles. The molecule has 0 bridgehead atoms. The van der Waals surface area contributed by atoms with Gasteiger partial charge in [0.15, 0.2) is 0 Å². The summed E-state index contributed by atoms with van der Waals surface area (Å²) in [6, 6.07) is 3.39. The summed E-state index contributed by atoms with van der Waals surface area (Å²) in [6.45, 7) is 1.45. The molecule has 0 spiro atoms. The van der Waals surface area contributed by atoms with Gasteiger partial charge in [-0.3, -0.25) is 0 Å². The molecule has 1 aliphatic rings. The lowest BCUT2D eigenvalue weighted by Crippen LogP contribution is -2.28. The molecule has 2 rings (SSSR count). The molecule has 2 atom stereocenters. The van der Waals surface area contributed by atoms with Gasteiger partial charge >= 0.3 is 5.97 Å². The van der Waals surface area contributed by atoms with Crippen LogP contribution in [-0.2, 0) is 11.3 Å². The number of rotatable bonds is 5. The molecule has 0 saturated heterocycles. The fourth-order valence-electron chi connectivity index (χ4n) is 2.53. The molecule has 106 valence electrons. The van der Waals surface area contributed by atoms with Crippen LogP contribution < -0.4 is 5.32 Å². The van der Waals surface area contributed by atoms with E-state index in [-0.39, 0.29) is 11.9 Å². The average Bonchev–Trinajstić information content (AvgIpc) is 2.87. The normalized spacial score (nSPS) is 23.3. The lowest BCUT2D eigenvalue weighted by atomic mass is 9.87. The Morgan fingerprint density at radius 2 is 2.37 bits per heavy atom. The molecule has 1 aromatic heterocycles. The van der Waals surface area contributed by atoms with Crippen LogP contribution in [0.1, 0.15) is 42.0 Å². The van der Waals surface area contributed by atoms with E-state index in [9.17, 15) is 9.90 Å². The molecule has 1 aliphatic carbocycles. The Morgan fingerprint density at radius 1 is 1.53 bits per heavy atom. The zero-order valence-electron chi connectivity index (χ0n) is 11.2. The van der Waals surface area contributed by atoms with Crippen molar-refractivity contribution < 1.29 is 19.1 Å². The van der Waals surface area contributed by atoms with Crippen molar-refractivity contribution in [2.45, 2.75) is 38.3 Å². The molecule has 0 aromatic carbocycles. The van der Waals surface area contributed by atoms with Crippen LogP contribution >= 0.6 is 0 Å². The molecule has 0 radical (unpaired) electrons. The van der Waals surface area contributed by atoms with Crippen LogP contribution in [0.15, 0.2) is 16.5 Å². The summed E-state index contributed by atoms with van der Waals surface area (Å²) in [6.07, 6.45) is 3.92. The second kappa shape index (κ2) is 6.73. The molecule has 5 nitrogen and oxygen atoms in total. The number of carbonyl (C=O) groups is 1. The first-order valence-electron chi connectivity index (χ1n) is 6.75. The number of furan rings is 1. The van der Waals surface area contributed by atoms with E-state index in [2.05, 4.69) is 10.1 Å². The molecular formula is C14H21NO4. The SMILES string of the molecule is COC(=O)c1ccc(CNCC2CCCC(O)C2)o1. The maximum atomic E-state index is 11.2. The van der Waals surface area contributed by atoms with Gasteiger partial charge in [0, 0.05) is 0 Å². The van der Waals surface area contributed by atoms with E-state index < -0.39 is 5.97 Å². The summed E-state index contributed by atoms with van der Waals surface area (Å²) in [7, 11) is 1.33. The topological polar surface area (TPSA) is 71.7 Å². The van der Waals surface area contributed by atoms with Crippen LogP contribution in [0.5, 0.6) is 0 Å². The first-order valence-corrected chi connectivity index (χ1v) is 6.75. The maximum Gasteiger partial charge on any atom is 0.373 e.